The van der Waals surface area contributed by atoms with E-state index in [1.54, 1.807) is 12.1 Å². The van der Waals surface area contributed by atoms with Gasteiger partial charge in [-0.25, -0.2) is 8.42 Å². The number of sulfone groups is 1. The lowest BCUT2D eigenvalue weighted by Crippen LogP contribution is -2.33. The summed E-state index contributed by atoms with van der Waals surface area (Å²) in [4.78, 5) is 12.4. The summed E-state index contributed by atoms with van der Waals surface area (Å²) in [5.74, 6) is -0.634. The molecule has 2 aromatic rings. The van der Waals surface area contributed by atoms with Gasteiger partial charge in [-0.2, -0.15) is 0 Å². The summed E-state index contributed by atoms with van der Waals surface area (Å²) >= 11 is 0. The van der Waals surface area contributed by atoms with Crippen LogP contribution >= 0.6 is 0 Å². The minimum absolute atomic E-state index is 0.131. The fraction of sp³-hybridized carbons (Fsp3) is 0.381. The Morgan fingerprint density at radius 1 is 1.04 bits per heavy atom. The van der Waals surface area contributed by atoms with Gasteiger partial charge in [0.05, 0.1) is 5.75 Å². The van der Waals surface area contributed by atoms with Gasteiger partial charge in [-0.15, -0.1) is 0 Å². The number of benzene rings is 2. The average molecular weight is 374 g/mol. The van der Waals surface area contributed by atoms with Crippen molar-refractivity contribution in [2.45, 2.75) is 52.0 Å². The van der Waals surface area contributed by atoms with Crippen molar-refractivity contribution in [3.8, 4) is 0 Å². The molecule has 26 heavy (non-hydrogen) atoms. The second kappa shape index (κ2) is 8.04. The Bertz CT molecular complexity index is 876. The predicted octanol–water partition coefficient (Wildman–Crippen LogP) is 4.12. The van der Waals surface area contributed by atoms with Crippen LogP contribution < -0.4 is 5.32 Å². The van der Waals surface area contributed by atoms with E-state index in [9.17, 15) is 13.2 Å². The highest BCUT2D eigenvalue weighted by atomic mass is 32.2. The van der Waals surface area contributed by atoms with Crippen molar-refractivity contribution < 1.29 is 13.2 Å². The fourth-order valence-corrected chi connectivity index (χ4v) is 4.49. The van der Waals surface area contributed by atoms with E-state index in [1.807, 2.05) is 45.0 Å². The van der Waals surface area contributed by atoms with Crippen LogP contribution in [0.1, 0.15) is 41.7 Å². The Morgan fingerprint density at radius 3 is 2.08 bits per heavy atom. The first-order valence-corrected chi connectivity index (χ1v) is 10.5. The first-order valence-electron chi connectivity index (χ1n) is 8.82. The summed E-state index contributed by atoms with van der Waals surface area (Å²) in [6, 6.07) is 11.4. The lowest BCUT2D eigenvalue weighted by atomic mass is 10.0. The summed E-state index contributed by atoms with van der Waals surface area (Å²) < 4.78 is 25.5. The van der Waals surface area contributed by atoms with E-state index >= 15 is 0 Å². The van der Waals surface area contributed by atoms with Crippen LogP contribution in [0.5, 0.6) is 0 Å². The quantitative estimate of drug-likeness (QED) is 0.828. The normalized spacial score (nSPS) is 12.7. The highest BCUT2D eigenvalue weighted by Crippen LogP contribution is 2.21. The molecule has 2 aromatic carbocycles. The molecule has 5 heteroatoms. The average Bonchev–Trinajstić information content (AvgIpc) is 2.58. The lowest BCUT2D eigenvalue weighted by Gasteiger charge is -2.16. The predicted molar refractivity (Wildman–Crippen MR) is 107 cm³/mol. The third-order valence-corrected chi connectivity index (χ3v) is 6.71. The molecular formula is C21H27NO3S. The van der Waals surface area contributed by atoms with Crippen molar-refractivity contribution in [3.05, 3.63) is 64.2 Å². The molecule has 1 unspecified atom stereocenters. The number of hydrogen-bond acceptors (Lipinski definition) is 3. The smallest absolute Gasteiger partial charge is 0.242 e. The summed E-state index contributed by atoms with van der Waals surface area (Å²) in [6.07, 6.45) is 0.911. The number of carbonyl (C=O) groups is 1. The van der Waals surface area contributed by atoms with Crippen molar-refractivity contribution in [1.29, 1.82) is 0 Å². The maximum atomic E-state index is 12.8. The SMILES string of the molecule is CCc1ccc(NC(=O)C(C)S(=O)(=O)Cc2c(C)cc(C)cc2C)cc1. The van der Waals surface area contributed by atoms with Gasteiger partial charge >= 0.3 is 0 Å². The molecule has 2 rings (SSSR count). The maximum Gasteiger partial charge on any atom is 0.242 e. The van der Waals surface area contributed by atoms with E-state index in [0.717, 1.165) is 34.2 Å². The van der Waals surface area contributed by atoms with Crippen molar-refractivity contribution in [2.75, 3.05) is 5.32 Å². The number of rotatable bonds is 6. The molecule has 0 saturated heterocycles. The van der Waals surface area contributed by atoms with Gasteiger partial charge < -0.3 is 5.32 Å². The van der Waals surface area contributed by atoms with Crippen molar-refractivity contribution in [1.82, 2.24) is 0 Å². The minimum Gasteiger partial charge on any atom is -0.325 e. The van der Waals surface area contributed by atoms with Gasteiger partial charge in [-0.3, -0.25) is 4.79 Å². The molecule has 0 spiro atoms. The first-order chi connectivity index (χ1) is 12.1. The standard InChI is InChI=1S/C21H27NO3S/c1-6-18-7-9-19(10-8-18)22-21(23)17(5)26(24,25)13-20-15(3)11-14(2)12-16(20)4/h7-12,17H,6,13H2,1-5H3,(H,22,23). The number of anilines is 1. The van der Waals surface area contributed by atoms with Crippen LogP contribution in [0.3, 0.4) is 0 Å². The maximum absolute atomic E-state index is 12.8. The van der Waals surface area contributed by atoms with E-state index in [4.69, 9.17) is 0 Å². The zero-order valence-electron chi connectivity index (χ0n) is 16.1. The first kappa shape index (κ1) is 20.2. The van der Waals surface area contributed by atoms with Crippen LogP contribution in [0.25, 0.3) is 0 Å². The molecule has 1 amide bonds. The number of amides is 1. The minimum atomic E-state index is -3.62. The van der Waals surface area contributed by atoms with Gasteiger partial charge in [0.2, 0.25) is 5.91 Å². The van der Waals surface area contributed by atoms with E-state index in [-0.39, 0.29) is 5.75 Å². The van der Waals surface area contributed by atoms with E-state index < -0.39 is 21.0 Å². The van der Waals surface area contributed by atoms with Gasteiger partial charge in [-0.1, -0.05) is 36.8 Å². The molecule has 0 heterocycles. The Kier molecular flexibility index (Phi) is 6.24. The summed E-state index contributed by atoms with van der Waals surface area (Å²) in [5, 5.41) is 1.59. The molecule has 4 nitrogen and oxygen atoms in total. The second-order valence-corrected chi connectivity index (χ2v) is 9.19. The zero-order chi connectivity index (χ0) is 19.5. The molecule has 0 aliphatic heterocycles. The molecule has 140 valence electrons. The molecular weight excluding hydrogens is 346 g/mol. The molecule has 0 saturated carbocycles. The molecule has 0 bridgehead atoms. The van der Waals surface area contributed by atoms with Crippen molar-refractivity contribution in [2.24, 2.45) is 0 Å². The third kappa shape index (κ3) is 4.73. The second-order valence-electron chi connectivity index (χ2n) is 6.87. The van der Waals surface area contributed by atoms with Crippen molar-refractivity contribution >= 4 is 21.4 Å². The lowest BCUT2D eigenvalue weighted by molar-refractivity contribution is -0.115. The number of nitrogens with one attached hydrogen (secondary N) is 1. The zero-order valence-corrected chi connectivity index (χ0v) is 16.9. The van der Waals surface area contributed by atoms with E-state index in [1.165, 1.54) is 6.92 Å². The van der Waals surface area contributed by atoms with Gasteiger partial charge in [0, 0.05) is 5.69 Å². The van der Waals surface area contributed by atoms with Crippen LogP contribution in [0, 0.1) is 20.8 Å². The Balaban J connectivity index is 2.16. The molecule has 0 aliphatic carbocycles. The topological polar surface area (TPSA) is 63.2 Å². The van der Waals surface area contributed by atoms with E-state index in [0.29, 0.717) is 5.69 Å². The van der Waals surface area contributed by atoms with Crippen molar-refractivity contribution in [3.63, 3.8) is 0 Å². The van der Waals surface area contributed by atoms with Crippen LogP contribution in [-0.2, 0) is 26.8 Å². The molecule has 0 fully saturated rings. The van der Waals surface area contributed by atoms with E-state index in [2.05, 4.69) is 12.2 Å². The number of carbonyl (C=O) groups excluding carboxylic acids is 1. The summed E-state index contributed by atoms with van der Waals surface area (Å²) in [7, 11) is -3.62. The number of aryl methyl sites for hydroxylation is 4. The highest BCUT2D eigenvalue weighted by molar-refractivity contribution is 7.92. The van der Waals surface area contributed by atoms with Gasteiger partial charge in [0.25, 0.3) is 0 Å². The molecule has 1 N–H and O–H groups in total. The molecule has 0 aromatic heterocycles. The summed E-state index contributed by atoms with van der Waals surface area (Å²) in [6.45, 7) is 9.30. The monoisotopic (exact) mass is 373 g/mol. The van der Waals surface area contributed by atoms with Crippen LogP contribution in [0.4, 0.5) is 5.69 Å². The van der Waals surface area contributed by atoms with Crippen LogP contribution in [-0.4, -0.2) is 19.6 Å². The Hall–Kier alpha value is -2.14. The Morgan fingerprint density at radius 2 is 1.58 bits per heavy atom. The van der Waals surface area contributed by atoms with Gasteiger partial charge in [-0.05, 0) is 68.5 Å². The van der Waals surface area contributed by atoms with Gasteiger partial charge in [0.15, 0.2) is 9.84 Å². The molecule has 0 aliphatic rings. The fourth-order valence-electron chi connectivity index (χ4n) is 2.99. The third-order valence-electron chi connectivity index (χ3n) is 4.72. The van der Waals surface area contributed by atoms with Gasteiger partial charge in [0.1, 0.15) is 5.25 Å². The highest BCUT2D eigenvalue weighted by Gasteiger charge is 2.29. The summed E-state index contributed by atoms with van der Waals surface area (Å²) in [5.41, 5.74) is 5.53. The van der Waals surface area contributed by atoms with Crippen LogP contribution in [0.15, 0.2) is 36.4 Å². The molecule has 1 atom stereocenters. The Labute approximate surface area is 156 Å². The van der Waals surface area contributed by atoms with Crippen LogP contribution in [0.2, 0.25) is 0 Å². The number of hydrogen-bond donors (Lipinski definition) is 1. The largest absolute Gasteiger partial charge is 0.325 e. The molecule has 0 radical (unpaired) electrons.